The highest BCUT2D eigenvalue weighted by Crippen LogP contribution is 2.42. The van der Waals surface area contributed by atoms with Gasteiger partial charge in [-0.05, 0) is 53.9 Å². The number of methoxy groups -OCH3 is 3. The van der Waals surface area contributed by atoms with Gasteiger partial charge in [-0.25, -0.2) is 0 Å². The van der Waals surface area contributed by atoms with Gasteiger partial charge in [-0.2, -0.15) is 0 Å². The topological polar surface area (TPSA) is 94.5 Å². The van der Waals surface area contributed by atoms with Gasteiger partial charge in [0.15, 0.2) is 11.5 Å². The Labute approximate surface area is 206 Å². The molecule has 1 unspecified atom stereocenters. The molecule has 2 aromatic carbocycles. The predicted octanol–water partition coefficient (Wildman–Crippen LogP) is 4.27. The fourth-order valence-electron chi connectivity index (χ4n) is 3.93. The van der Waals surface area contributed by atoms with Crippen molar-refractivity contribution in [1.29, 1.82) is 0 Å². The van der Waals surface area contributed by atoms with Crippen molar-refractivity contribution in [3.63, 3.8) is 0 Å². The van der Waals surface area contributed by atoms with Crippen LogP contribution < -0.4 is 18.9 Å². The largest absolute Gasteiger partial charge is 0.507 e. The van der Waals surface area contributed by atoms with Crippen LogP contribution in [0.4, 0.5) is 0 Å². The summed E-state index contributed by atoms with van der Waals surface area (Å²) in [5.41, 5.74) is 0.366. The van der Waals surface area contributed by atoms with Crippen molar-refractivity contribution in [1.82, 2.24) is 4.90 Å². The first-order chi connectivity index (χ1) is 17.0. The maximum absolute atomic E-state index is 13.1. The quantitative estimate of drug-likeness (QED) is 0.269. The summed E-state index contributed by atoms with van der Waals surface area (Å²) in [6, 6.07) is 14.8. The normalized spacial score (nSPS) is 16.9. The number of benzene rings is 2. The number of ether oxygens (including phenoxy) is 4. The number of amides is 1. The fourth-order valence-corrected chi connectivity index (χ4v) is 4.77. The Hall–Kier alpha value is -3.98. The van der Waals surface area contributed by atoms with Crippen LogP contribution in [0, 0.1) is 0 Å². The van der Waals surface area contributed by atoms with Crippen molar-refractivity contribution < 1.29 is 33.6 Å². The highest BCUT2D eigenvalue weighted by Gasteiger charge is 2.46. The predicted molar refractivity (Wildman–Crippen MR) is 131 cm³/mol. The third-order valence-corrected chi connectivity index (χ3v) is 6.59. The number of hydrogen-bond donors (Lipinski definition) is 1. The van der Waals surface area contributed by atoms with E-state index in [0.717, 1.165) is 4.88 Å². The van der Waals surface area contributed by atoms with E-state index in [0.29, 0.717) is 28.6 Å². The molecule has 1 saturated heterocycles. The van der Waals surface area contributed by atoms with Gasteiger partial charge >= 0.3 is 0 Å². The van der Waals surface area contributed by atoms with E-state index < -0.39 is 17.7 Å². The van der Waals surface area contributed by atoms with Crippen molar-refractivity contribution in [2.45, 2.75) is 6.04 Å². The van der Waals surface area contributed by atoms with Gasteiger partial charge in [0, 0.05) is 10.4 Å². The van der Waals surface area contributed by atoms with Crippen molar-refractivity contribution in [3.8, 4) is 23.0 Å². The van der Waals surface area contributed by atoms with Crippen LogP contribution in [0.15, 0.2) is 65.6 Å². The van der Waals surface area contributed by atoms with E-state index in [9.17, 15) is 14.7 Å². The number of carbonyl (C=O) groups excluding carboxylic acids is 2. The summed E-state index contributed by atoms with van der Waals surface area (Å²) in [7, 11) is 4.57. The van der Waals surface area contributed by atoms with Crippen molar-refractivity contribution >= 4 is 28.8 Å². The molecule has 0 bridgehead atoms. The molecular formula is C26H25NO7S. The molecule has 1 atom stereocenters. The molecule has 0 aliphatic carbocycles. The van der Waals surface area contributed by atoms with Gasteiger partial charge in [-0.15, -0.1) is 11.3 Å². The summed E-state index contributed by atoms with van der Waals surface area (Å²) in [4.78, 5) is 28.3. The van der Waals surface area contributed by atoms with Crippen molar-refractivity contribution in [2.24, 2.45) is 0 Å². The molecule has 1 N–H and O–H groups in total. The molecule has 0 spiro atoms. The summed E-state index contributed by atoms with van der Waals surface area (Å²) >= 11 is 1.40. The Balaban J connectivity index is 1.64. The minimum atomic E-state index is -0.750. The number of carbonyl (C=O) groups is 2. The molecule has 35 heavy (non-hydrogen) atoms. The second-order valence-corrected chi connectivity index (χ2v) is 8.58. The molecule has 0 radical (unpaired) electrons. The van der Waals surface area contributed by atoms with E-state index in [1.54, 1.807) is 49.6 Å². The van der Waals surface area contributed by atoms with Crippen LogP contribution in [-0.2, 0) is 9.59 Å². The molecule has 8 nitrogen and oxygen atoms in total. The number of aliphatic hydroxyl groups is 1. The minimum absolute atomic E-state index is 0.0223. The number of ketones is 1. The number of Topliss-reactive ketones (excluding diaryl/α,β-unsaturated/α-hetero) is 1. The van der Waals surface area contributed by atoms with Gasteiger partial charge in [-0.1, -0.05) is 6.07 Å². The van der Waals surface area contributed by atoms with Crippen LogP contribution in [0.1, 0.15) is 16.5 Å². The van der Waals surface area contributed by atoms with Crippen LogP contribution in [0.25, 0.3) is 5.76 Å². The van der Waals surface area contributed by atoms with Crippen LogP contribution in [0.2, 0.25) is 0 Å². The minimum Gasteiger partial charge on any atom is -0.507 e. The zero-order chi connectivity index (χ0) is 24.9. The zero-order valence-corrected chi connectivity index (χ0v) is 20.3. The van der Waals surface area contributed by atoms with Crippen LogP contribution in [0.3, 0.4) is 0 Å². The zero-order valence-electron chi connectivity index (χ0n) is 19.5. The third-order valence-electron chi connectivity index (χ3n) is 5.67. The molecule has 1 aromatic heterocycles. The first-order valence-electron chi connectivity index (χ1n) is 10.8. The smallest absolute Gasteiger partial charge is 0.295 e. The maximum atomic E-state index is 13.1. The molecule has 182 valence electrons. The molecule has 2 heterocycles. The van der Waals surface area contributed by atoms with E-state index >= 15 is 0 Å². The molecule has 1 amide bonds. The Kier molecular flexibility index (Phi) is 7.26. The van der Waals surface area contributed by atoms with Gasteiger partial charge in [0.05, 0.1) is 39.5 Å². The van der Waals surface area contributed by atoms with Gasteiger partial charge in [0.25, 0.3) is 11.7 Å². The second-order valence-electron chi connectivity index (χ2n) is 7.60. The first-order valence-corrected chi connectivity index (χ1v) is 11.7. The maximum Gasteiger partial charge on any atom is 0.295 e. The molecule has 3 aromatic rings. The van der Waals surface area contributed by atoms with Gasteiger partial charge in [0.1, 0.15) is 23.9 Å². The van der Waals surface area contributed by atoms with Gasteiger partial charge < -0.3 is 29.0 Å². The SMILES string of the molecule is COc1ccc(OCCN2C(=O)C(=O)/C(=C(\O)c3ccc(OC)c(OC)c3)C2c2cccs2)cc1. The lowest BCUT2D eigenvalue weighted by Gasteiger charge is -2.24. The van der Waals surface area contributed by atoms with E-state index in [1.807, 2.05) is 17.5 Å². The number of aliphatic hydroxyl groups excluding tert-OH is 1. The van der Waals surface area contributed by atoms with E-state index in [4.69, 9.17) is 18.9 Å². The van der Waals surface area contributed by atoms with Crippen molar-refractivity contribution in [2.75, 3.05) is 34.5 Å². The van der Waals surface area contributed by atoms with Crippen molar-refractivity contribution in [3.05, 3.63) is 76.0 Å². The monoisotopic (exact) mass is 495 g/mol. The summed E-state index contributed by atoms with van der Waals surface area (Å²) in [5, 5.41) is 13.0. The summed E-state index contributed by atoms with van der Waals surface area (Å²) in [6.07, 6.45) is 0. The number of rotatable bonds is 9. The Bertz CT molecular complexity index is 1240. The number of likely N-dealkylation sites (tertiary alicyclic amines) is 1. The van der Waals surface area contributed by atoms with E-state index in [1.165, 1.54) is 30.5 Å². The molecule has 1 aliphatic rings. The summed E-state index contributed by atoms with van der Waals surface area (Å²) < 4.78 is 21.5. The molecule has 4 rings (SSSR count). The third kappa shape index (κ3) is 4.81. The second kappa shape index (κ2) is 10.5. The Morgan fingerprint density at radius 1 is 0.943 bits per heavy atom. The van der Waals surface area contributed by atoms with E-state index in [-0.39, 0.29) is 24.5 Å². The number of nitrogens with zero attached hydrogens (tertiary/aromatic N) is 1. The van der Waals surface area contributed by atoms with Crippen LogP contribution >= 0.6 is 11.3 Å². The molecular weight excluding hydrogens is 470 g/mol. The highest BCUT2D eigenvalue weighted by molar-refractivity contribution is 7.10. The first kappa shape index (κ1) is 24.2. The molecule has 0 saturated carbocycles. The average molecular weight is 496 g/mol. The van der Waals surface area contributed by atoms with E-state index in [2.05, 4.69) is 0 Å². The highest BCUT2D eigenvalue weighted by atomic mass is 32.1. The fraction of sp³-hybridized carbons (Fsp3) is 0.231. The molecule has 9 heteroatoms. The number of hydrogen-bond acceptors (Lipinski definition) is 8. The van der Waals surface area contributed by atoms with Gasteiger partial charge in [0.2, 0.25) is 0 Å². The van der Waals surface area contributed by atoms with Crippen LogP contribution in [-0.4, -0.2) is 56.2 Å². The Morgan fingerprint density at radius 2 is 1.66 bits per heavy atom. The van der Waals surface area contributed by atoms with Crippen LogP contribution in [0.5, 0.6) is 23.0 Å². The lowest BCUT2D eigenvalue weighted by atomic mass is 9.99. The molecule has 1 aliphatic heterocycles. The van der Waals surface area contributed by atoms with Gasteiger partial charge in [-0.3, -0.25) is 9.59 Å². The Morgan fingerprint density at radius 3 is 2.29 bits per heavy atom. The summed E-state index contributed by atoms with van der Waals surface area (Å²) in [5.74, 6) is 0.475. The molecule has 1 fully saturated rings. The average Bonchev–Trinajstić information content (AvgIpc) is 3.51. The lowest BCUT2D eigenvalue weighted by molar-refractivity contribution is -0.140. The standard InChI is InChI=1S/C26H25NO7S/c1-31-17-7-9-18(10-8-17)34-13-12-27-23(21-5-4-14-35-21)22(25(29)26(27)30)24(28)16-6-11-19(32-2)20(15-16)33-3/h4-11,14-15,23,28H,12-13H2,1-3H3/b24-22-. The lowest BCUT2D eigenvalue weighted by Crippen LogP contribution is -2.33. The summed E-state index contributed by atoms with van der Waals surface area (Å²) in [6.45, 7) is 0.319. The number of thiophene rings is 1.